The highest BCUT2D eigenvalue weighted by atomic mass is 79.9. The molecular weight excluding hydrogens is 413 g/mol. The number of anilines is 2. The molecule has 0 radical (unpaired) electrons. The van der Waals surface area contributed by atoms with Crippen LogP contribution in [0, 0.1) is 5.82 Å². The van der Waals surface area contributed by atoms with Gasteiger partial charge in [-0.05, 0) is 48.5 Å². The van der Waals surface area contributed by atoms with Crippen molar-refractivity contribution in [3.8, 4) is 0 Å². The summed E-state index contributed by atoms with van der Waals surface area (Å²) in [6, 6.07) is 11.8. The maximum absolute atomic E-state index is 13.1. The smallest absolute Gasteiger partial charge is 0.304 e. The van der Waals surface area contributed by atoms with Crippen LogP contribution in [0.3, 0.4) is 0 Å². The van der Waals surface area contributed by atoms with Crippen molar-refractivity contribution in [1.82, 2.24) is 4.31 Å². The van der Waals surface area contributed by atoms with E-state index < -0.39 is 28.5 Å². The third kappa shape index (κ3) is 5.00. The molecule has 0 atom stereocenters. The van der Waals surface area contributed by atoms with E-state index in [1.807, 2.05) is 0 Å². The quantitative estimate of drug-likeness (QED) is 0.767. The number of rotatable bonds is 6. The van der Waals surface area contributed by atoms with E-state index >= 15 is 0 Å². The number of carbonyl (C=O) groups is 1. The Labute approximate surface area is 154 Å². The zero-order valence-electron chi connectivity index (χ0n) is 13.6. The molecule has 0 aliphatic rings. The Kier molecular flexibility index (Phi) is 6.15. The molecular formula is C16H17BrFN3O3S. The maximum atomic E-state index is 13.1. The van der Waals surface area contributed by atoms with Crippen molar-refractivity contribution in [2.75, 3.05) is 30.3 Å². The van der Waals surface area contributed by atoms with Gasteiger partial charge < -0.3 is 5.32 Å². The van der Waals surface area contributed by atoms with Crippen molar-refractivity contribution in [3.63, 3.8) is 0 Å². The van der Waals surface area contributed by atoms with Gasteiger partial charge in [0.15, 0.2) is 0 Å². The standard InChI is InChI=1S/C16H17BrFN3O3S/c1-20(2)25(23,24)21(15-9-5-13(18)6-10-15)11-16(22)19-14-7-3-12(17)4-8-14/h3-10H,11H2,1-2H3,(H,19,22). The number of hydrogen-bond donors (Lipinski definition) is 1. The van der Waals surface area contributed by atoms with E-state index in [-0.39, 0.29) is 5.69 Å². The second-order valence-corrected chi connectivity index (χ2v) is 8.31. The number of amides is 1. The van der Waals surface area contributed by atoms with Gasteiger partial charge in [0, 0.05) is 24.3 Å². The molecule has 0 aliphatic heterocycles. The van der Waals surface area contributed by atoms with E-state index in [2.05, 4.69) is 21.2 Å². The lowest BCUT2D eigenvalue weighted by Crippen LogP contribution is -2.44. The molecule has 0 spiro atoms. The van der Waals surface area contributed by atoms with Crippen LogP contribution in [-0.2, 0) is 15.0 Å². The van der Waals surface area contributed by atoms with E-state index in [1.165, 1.54) is 26.2 Å². The van der Waals surface area contributed by atoms with Crippen molar-refractivity contribution in [2.45, 2.75) is 0 Å². The van der Waals surface area contributed by atoms with Crippen LogP contribution in [0.15, 0.2) is 53.0 Å². The number of nitrogens with one attached hydrogen (secondary N) is 1. The summed E-state index contributed by atoms with van der Waals surface area (Å²) in [6.07, 6.45) is 0. The molecule has 2 aromatic carbocycles. The van der Waals surface area contributed by atoms with Crippen LogP contribution in [-0.4, -0.2) is 39.3 Å². The largest absolute Gasteiger partial charge is 0.325 e. The molecule has 0 saturated heterocycles. The molecule has 0 aliphatic carbocycles. The third-order valence-electron chi connectivity index (χ3n) is 3.27. The first kappa shape index (κ1) is 19.4. The third-order valence-corrected chi connectivity index (χ3v) is 5.62. The number of hydrogen-bond acceptors (Lipinski definition) is 3. The molecule has 134 valence electrons. The normalized spacial score (nSPS) is 11.4. The summed E-state index contributed by atoms with van der Waals surface area (Å²) in [5.74, 6) is -1.01. The Bertz CT molecular complexity index is 840. The van der Waals surface area contributed by atoms with E-state index in [0.717, 1.165) is 25.2 Å². The Morgan fingerprint density at radius 1 is 1.08 bits per heavy atom. The van der Waals surface area contributed by atoms with Crippen LogP contribution >= 0.6 is 15.9 Å². The highest BCUT2D eigenvalue weighted by Crippen LogP contribution is 2.20. The second kappa shape index (κ2) is 7.94. The second-order valence-electron chi connectivity index (χ2n) is 5.33. The molecule has 2 aromatic rings. The van der Waals surface area contributed by atoms with Gasteiger partial charge in [0.05, 0.1) is 5.69 Å². The highest BCUT2D eigenvalue weighted by Gasteiger charge is 2.27. The van der Waals surface area contributed by atoms with E-state index in [1.54, 1.807) is 24.3 Å². The fourth-order valence-electron chi connectivity index (χ4n) is 1.97. The molecule has 6 nitrogen and oxygen atoms in total. The summed E-state index contributed by atoms with van der Waals surface area (Å²) in [4.78, 5) is 12.3. The molecule has 9 heteroatoms. The van der Waals surface area contributed by atoms with Crippen LogP contribution in [0.1, 0.15) is 0 Å². The predicted molar refractivity (Wildman–Crippen MR) is 99.1 cm³/mol. The SMILES string of the molecule is CN(C)S(=O)(=O)N(CC(=O)Nc1ccc(Br)cc1)c1ccc(F)cc1. The number of nitrogens with zero attached hydrogens (tertiary/aromatic N) is 2. The minimum absolute atomic E-state index is 0.195. The van der Waals surface area contributed by atoms with Crippen molar-refractivity contribution >= 4 is 43.4 Å². The molecule has 25 heavy (non-hydrogen) atoms. The average Bonchev–Trinajstić information content (AvgIpc) is 2.55. The zero-order chi connectivity index (χ0) is 18.6. The van der Waals surface area contributed by atoms with Gasteiger partial charge in [0.1, 0.15) is 12.4 Å². The van der Waals surface area contributed by atoms with Gasteiger partial charge in [-0.15, -0.1) is 0 Å². The van der Waals surface area contributed by atoms with Gasteiger partial charge in [-0.3, -0.25) is 4.79 Å². The lowest BCUT2D eigenvalue weighted by atomic mass is 10.3. The first-order valence-corrected chi connectivity index (χ1v) is 9.40. The van der Waals surface area contributed by atoms with Crippen LogP contribution in [0.5, 0.6) is 0 Å². The van der Waals surface area contributed by atoms with E-state index in [0.29, 0.717) is 5.69 Å². The summed E-state index contributed by atoms with van der Waals surface area (Å²) in [7, 11) is -1.20. The summed E-state index contributed by atoms with van der Waals surface area (Å²) in [6.45, 7) is -0.442. The summed E-state index contributed by atoms with van der Waals surface area (Å²) in [5, 5.41) is 2.63. The van der Waals surface area contributed by atoms with Gasteiger partial charge in [-0.2, -0.15) is 12.7 Å². The molecule has 2 rings (SSSR count). The summed E-state index contributed by atoms with van der Waals surface area (Å²) < 4.78 is 40.9. The first-order valence-electron chi connectivity index (χ1n) is 7.21. The molecule has 0 saturated carbocycles. The fourth-order valence-corrected chi connectivity index (χ4v) is 3.30. The van der Waals surface area contributed by atoms with Gasteiger partial charge in [-0.25, -0.2) is 8.70 Å². The lowest BCUT2D eigenvalue weighted by Gasteiger charge is -2.26. The number of benzene rings is 2. The monoisotopic (exact) mass is 429 g/mol. The average molecular weight is 430 g/mol. The topological polar surface area (TPSA) is 69.7 Å². The van der Waals surface area contributed by atoms with Gasteiger partial charge in [0.25, 0.3) is 0 Å². The van der Waals surface area contributed by atoms with Crippen LogP contribution in [0.2, 0.25) is 0 Å². The number of halogens is 2. The Morgan fingerprint density at radius 3 is 2.16 bits per heavy atom. The van der Waals surface area contributed by atoms with Crippen LogP contribution in [0.4, 0.5) is 15.8 Å². The fraction of sp³-hybridized carbons (Fsp3) is 0.188. The Balaban J connectivity index is 2.25. The van der Waals surface area contributed by atoms with E-state index in [9.17, 15) is 17.6 Å². The Hall–Kier alpha value is -1.97. The maximum Gasteiger partial charge on any atom is 0.304 e. The Morgan fingerprint density at radius 2 is 1.64 bits per heavy atom. The summed E-state index contributed by atoms with van der Waals surface area (Å²) in [5.41, 5.74) is 0.732. The number of carbonyl (C=O) groups excluding carboxylic acids is 1. The molecule has 0 fully saturated rings. The molecule has 1 N–H and O–H groups in total. The molecule has 0 heterocycles. The van der Waals surface area contributed by atoms with Crippen molar-refractivity contribution < 1.29 is 17.6 Å². The van der Waals surface area contributed by atoms with Crippen molar-refractivity contribution in [2.24, 2.45) is 0 Å². The van der Waals surface area contributed by atoms with Crippen molar-refractivity contribution in [1.29, 1.82) is 0 Å². The van der Waals surface area contributed by atoms with Gasteiger partial charge in [-0.1, -0.05) is 15.9 Å². The van der Waals surface area contributed by atoms with Gasteiger partial charge in [0.2, 0.25) is 5.91 Å². The lowest BCUT2D eigenvalue weighted by molar-refractivity contribution is -0.114. The molecule has 0 unspecified atom stereocenters. The summed E-state index contributed by atoms with van der Waals surface area (Å²) >= 11 is 3.29. The first-order chi connectivity index (χ1) is 11.7. The minimum Gasteiger partial charge on any atom is -0.325 e. The molecule has 0 aromatic heterocycles. The van der Waals surface area contributed by atoms with Gasteiger partial charge >= 0.3 is 10.2 Å². The minimum atomic E-state index is -3.92. The van der Waals surface area contributed by atoms with Crippen molar-refractivity contribution in [3.05, 3.63) is 58.8 Å². The van der Waals surface area contributed by atoms with E-state index in [4.69, 9.17) is 0 Å². The van der Waals surface area contributed by atoms with Crippen LogP contribution < -0.4 is 9.62 Å². The molecule has 1 amide bonds. The van der Waals surface area contributed by atoms with Crippen LogP contribution in [0.25, 0.3) is 0 Å². The highest BCUT2D eigenvalue weighted by molar-refractivity contribution is 9.10. The zero-order valence-corrected chi connectivity index (χ0v) is 16.0. The predicted octanol–water partition coefficient (Wildman–Crippen LogP) is 2.84. The molecule has 0 bridgehead atoms.